The van der Waals surface area contributed by atoms with E-state index in [1.54, 1.807) is 0 Å². The van der Waals surface area contributed by atoms with Gasteiger partial charge < -0.3 is 4.90 Å². The summed E-state index contributed by atoms with van der Waals surface area (Å²) in [4.78, 5) is 2.60. The van der Waals surface area contributed by atoms with Crippen molar-refractivity contribution in [1.82, 2.24) is 0 Å². The lowest BCUT2D eigenvalue weighted by atomic mass is 9.80. The SMILES string of the molecule is CCCCCN1C(=CC=CC2=[N+](C)c3c(ccc4ccccc34)C2(C)C)C(C)(C)c2c1ccc1ccccc21. The van der Waals surface area contributed by atoms with Crippen LogP contribution in [0.5, 0.6) is 0 Å². The minimum Gasteiger partial charge on any atom is -0.344 e. The maximum Gasteiger partial charge on any atom is 0.217 e. The van der Waals surface area contributed by atoms with E-state index in [0.29, 0.717) is 0 Å². The van der Waals surface area contributed by atoms with Crippen molar-refractivity contribution >= 4 is 38.6 Å². The average Bonchev–Trinajstić information content (AvgIpc) is 3.27. The summed E-state index contributed by atoms with van der Waals surface area (Å²) in [6.07, 6.45) is 10.7. The Morgan fingerprint density at radius 1 is 0.769 bits per heavy atom. The van der Waals surface area contributed by atoms with Crippen LogP contribution >= 0.6 is 0 Å². The maximum absolute atomic E-state index is 2.60. The number of unbranched alkanes of at least 4 members (excludes halogenated alkanes) is 2. The lowest BCUT2D eigenvalue weighted by Crippen LogP contribution is -2.27. The standard InChI is InChI=1S/C37H41N2/c1-7-8-13-25-39-31-24-22-26-15-9-11-17-28(26)34(31)37(4,5)33(39)20-14-19-32-36(2,3)30-23-21-27-16-10-12-18-29(27)35(30)38(32)6/h9-12,14-24H,7-8,13,25H2,1-6H3/q+1. The minimum absolute atomic E-state index is 0.0612. The normalized spacial score (nSPS) is 18.6. The molecule has 0 saturated carbocycles. The van der Waals surface area contributed by atoms with Crippen LogP contribution in [0.25, 0.3) is 21.5 Å². The van der Waals surface area contributed by atoms with Gasteiger partial charge in [-0.25, -0.2) is 0 Å². The minimum atomic E-state index is -0.0757. The molecule has 0 amide bonds. The fourth-order valence-electron chi connectivity index (χ4n) is 7.15. The van der Waals surface area contributed by atoms with Gasteiger partial charge in [0.1, 0.15) is 7.05 Å². The van der Waals surface area contributed by atoms with Gasteiger partial charge in [-0.3, -0.25) is 0 Å². The molecule has 0 aromatic heterocycles. The Kier molecular flexibility index (Phi) is 6.25. The molecule has 2 heteroatoms. The van der Waals surface area contributed by atoms with Crippen molar-refractivity contribution < 1.29 is 4.58 Å². The zero-order valence-corrected chi connectivity index (χ0v) is 24.4. The quantitative estimate of drug-likeness (QED) is 0.184. The number of fused-ring (bicyclic) bond motifs is 6. The van der Waals surface area contributed by atoms with Crippen LogP contribution in [0.2, 0.25) is 0 Å². The van der Waals surface area contributed by atoms with Crippen molar-refractivity contribution in [3.05, 3.63) is 108 Å². The molecular formula is C37H41N2+. The largest absolute Gasteiger partial charge is 0.344 e. The van der Waals surface area contributed by atoms with Crippen molar-refractivity contribution in [3.63, 3.8) is 0 Å². The summed E-state index contributed by atoms with van der Waals surface area (Å²) >= 11 is 0. The van der Waals surface area contributed by atoms with Gasteiger partial charge in [0.05, 0.1) is 10.8 Å². The molecule has 198 valence electrons. The summed E-state index contributed by atoms with van der Waals surface area (Å²) < 4.78 is 2.41. The summed E-state index contributed by atoms with van der Waals surface area (Å²) in [7, 11) is 2.23. The van der Waals surface area contributed by atoms with Crippen LogP contribution in [-0.4, -0.2) is 23.9 Å². The van der Waals surface area contributed by atoms with Crippen LogP contribution in [0.15, 0.2) is 96.7 Å². The summed E-state index contributed by atoms with van der Waals surface area (Å²) in [5, 5.41) is 5.33. The highest BCUT2D eigenvalue weighted by molar-refractivity contribution is 6.07. The monoisotopic (exact) mass is 513 g/mol. The first-order chi connectivity index (χ1) is 18.8. The molecule has 0 unspecified atom stereocenters. The predicted octanol–water partition coefficient (Wildman–Crippen LogP) is 9.43. The lowest BCUT2D eigenvalue weighted by molar-refractivity contribution is -0.399. The van der Waals surface area contributed by atoms with Gasteiger partial charge in [-0.15, -0.1) is 0 Å². The highest BCUT2D eigenvalue weighted by atomic mass is 15.2. The first-order valence-corrected chi connectivity index (χ1v) is 14.6. The average molecular weight is 514 g/mol. The van der Waals surface area contributed by atoms with Gasteiger partial charge in [-0.1, -0.05) is 100 Å². The molecule has 0 fully saturated rings. The van der Waals surface area contributed by atoms with Gasteiger partial charge in [-0.2, -0.15) is 4.58 Å². The zero-order chi connectivity index (χ0) is 27.4. The second kappa shape index (κ2) is 9.52. The van der Waals surface area contributed by atoms with E-state index in [1.165, 1.54) is 74.7 Å². The highest BCUT2D eigenvalue weighted by Gasteiger charge is 2.44. The van der Waals surface area contributed by atoms with E-state index in [-0.39, 0.29) is 10.8 Å². The third kappa shape index (κ3) is 3.95. The Labute approximate surface area is 234 Å². The van der Waals surface area contributed by atoms with Crippen LogP contribution in [0.4, 0.5) is 11.4 Å². The molecule has 4 aromatic rings. The van der Waals surface area contributed by atoms with E-state index in [2.05, 4.69) is 142 Å². The third-order valence-corrected chi connectivity index (χ3v) is 9.16. The maximum atomic E-state index is 2.60. The molecule has 0 saturated heterocycles. The molecule has 0 aliphatic carbocycles. The Balaban J connectivity index is 1.44. The van der Waals surface area contributed by atoms with Crippen molar-refractivity contribution in [2.24, 2.45) is 0 Å². The summed E-state index contributed by atoms with van der Waals surface area (Å²) in [6.45, 7) is 12.9. The van der Waals surface area contributed by atoms with Crippen LogP contribution in [-0.2, 0) is 10.8 Å². The fraction of sp³-hybridized carbons (Fsp3) is 0.324. The van der Waals surface area contributed by atoms with Crippen molar-refractivity contribution in [3.8, 4) is 0 Å². The van der Waals surface area contributed by atoms with E-state index >= 15 is 0 Å². The molecule has 0 bridgehead atoms. The van der Waals surface area contributed by atoms with Crippen molar-refractivity contribution in [2.75, 3.05) is 18.5 Å². The van der Waals surface area contributed by atoms with Gasteiger partial charge >= 0.3 is 0 Å². The molecular weight excluding hydrogens is 472 g/mol. The number of anilines is 1. The first kappa shape index (κ1) is 25.6. The third-order valence-electron chi connectivity index (χ3n) is 9.16. The Morgan fingerprint density at radius 3 is 2.18 bits per heavy atom. The second-order valence-corrected chi connectivity index (χ2v) is 12.3. The van der Waals surface area contributed by atoms with Gasteiger partial charge in [-0.05, 0) is 60.2 Å². The van der Waals surface area contributed by atoms with Gasteiger partial charge in [0, 0.05) is 35.0 Å². The molecule has 0 radical (unpaired) electrons. The molecule has 4 aromatic carbocycles. The Bertz CT molecular complexity index is 1680. The van der Waals surface area contributed by atoms with Crippen LogP contribution in [0.3, 0.4) is 0 Å². The molecule has 2 nitrogen and oxygen atoms in total. The van der Waals surface area contributed by atoms with Crippen LogP contribution < -0.4 is 4.90 Å². The Hall–Kier alpha value is -3.65. The molecule has 0 spiro atoms. The molecule has 2 heterocycles. The molecule has 39 heavy (non-hydrogen) atoms. The van der Waals surface area contributed by atoms with Gasteiger partial charge in [0.2, 0.25) is 5.69 Å². The molecule has 6 rings (SSSR count). The van der Waals surface area contributed by atoms with Crippen molar-refractivity contribution in [2.45, 2.75) is 64.7 Å². The van der Waals surface area contributed by atoms with E-state index in [4.69, 9.17) is 0 Å². The highest BCUT2D eigenvalue weighted by Crippen LogP contribution is 2.51. The number of nitrogens with zero attached hydrogens (tertiary/aromatic N) is 2. The molecule has 0 N–H and O–H groups in total. The Morgan fingerprint density at radius 2 is 1.44 bits per heavy atom. The number of benzene rings is 4. The topological polar surface area (TPSA) is 6.25 Å². The van der Waals surface area contributed by atoms with Crippen molar-refractivity contribution in [1.29, 1.82) is 0 Å². The zero-order valence-electron chi connectivity index (χ0n) is 24.4. The number of hydrogen-bond donors (Lipinski definition) is 0. The molecule has 2 aliphatic heterocycles. The summed E-state index contributed by atoms with van der Waals surface area (Å²) in [5.41, 5.74) is 8.16. The predicted molar refractivity (Wildman–Crippen MR) is 169 cm³/mol. The van der Waals surface area contributed by atoms with E-state index in [0.717, 1.165) is 6.54 Å². The van der Waals surface area contributed by atoms with Crippen LogP contribution in [0, 0.1) is 0 Å². The van der Waals surface area contributed by atoms with E-state index < -0.39 is 0 Å². The second-order valence-electron chi connectivity index (χ2n) is 12.3. The van der Waals surface area contributed by atoms with E-state index in [1.807, 2.05) is 0 Å². The summed E-state index contributed by atoms with van der Waals surface area (Å²) in [6, 6.07) is 26.9. The smallest absolute Gasteiger partial charge is 0.217 e. The fourth-order valence-corrected chi connectivity index (χ4v) is 7.15. The number of allylic oxidation sites excluding steroid dienone is 4. The number of hydrogen-bond acceptors (Lipinski definition) is 1. The first-order valence-electron chi connectivity index (χ1n) is 14.6. The molecule has 2 aliphatic rings. The number of rotatable bonds is 6. The van der Waals surface area contributed by atoms with Gasteiger partial charge in [0.15, 0.2) is 5.71 Å². The van der Waals surface area contributed by atoms with E-state index in [9.17, 15) is 0 Å². The van der Waals surface area contributed by atoms with Crippen LogP contribution in [0.1, 0.15) is 65.0 Å². The van der Waals surface area contributed by atoms with Gasteiger partial charge in [0.25, 0.3) is 0 Å². The lowest BCUT2D eigenvalue weighted by Gasteiger charge is -2.27. The summed E-state index contributed by atoms with van der Waals surface area (Å²) in [5.74, 6) is 0. The molecule has 0 atom stereocenters.